The van der Waals surface area contributed by atoms with E-state index in [1.807, 2.05) is 28.8 Å². The second-order valence-electron chi connectivity index (χ2n) is 10.4. The molecule has 0 spiro atoms. The van der Waals surface area contributed by atoms with E-state index >= 15 is 0 Å². The van der Waals surface area contributed by atoms with Crippen LogP contribution in [0, 0.1) is 5.92 Å². The van der Waals surface area contributed by atoms with Gasteiger partial charge >= 0.3 is 6.18 Å². The number of H-pyrrole nitrogens is 1. The Hall–Kier alpha value is -4.14. The maximum atomic E-state index is 13.0. The third kappa shape index (κ3) is 4.89. The highest BCUT2D eigenvalue weighted by Gasteiger charge is 2.31. The number of aromatic nitrogens is 4. The lowest BCUT2D eigenvalue weighted by Crippen LogP contribution is -2.16. The van der Waals surface area contributed by atoms with Gasteiger partial charge in [-0.15, -0.1) is 0 Å². The van der Waals surface area contributed by atoms with Crippen LogP contribution in [0.5, 0.6) is 0 Å². The van der Waals surface area contributed by atoms with Gasteiger partial charge in [0, 0.05) is 41.2 Å². The van der Waals surface area contributed by atoms with Crippen LogP contribution in [0.1, 0.15) is 66.2 Å². The third-order valence-electron chi connectivity index (χ3n) is 7.90. The molecule has 2 aromatic carbocycles. The zero-order chi connectivity index (χ0) is 27.1. The van der Waals surface area contributed by atoms with Crippen LogP contribution in [-0.2, 0) is 6.18 Å². The molecule has 3 aromatic heterocycles. The first kappa shape index (κ1) is 25.2. The lowest BCUT2D eigenvalue weighted by molar-refractivity contribution is -0.137. The normalized spacial score (nSPS) is 18.1. The Kier molecular flexibility index (Phi) is 6.37. The molecule has 3 N–H and O–H groups in total. The second kappa shape index (κ2) is 9.87. The molecule has 39 heavy (non-hydrogen) atoms. The quantitative estimate of drug-likeness (QED) is 0.223. The molecular weight excluding hydrogens is 503 g/mol. The van der Waals surface area contributed by atoms with Crippen molar-refractivity contribution in [2.75, 3.05) is 5.73 Å². The third-order valence-corrected chi connectivity index (χ3v) is 7.90. The first-order valence-corrected chi connectivity index (χ1v) is 13.2. The number of Topliss-reactive ketones (excluding diaryl/α,β-unsaturated/α-hetero) is 1. The number of nitrogens with one attached hydrogen (secondary N) is 1. The number of rotatable bonds is 6. The number of ketones is 1. The van der Waals surface area contributed by atoms with Crippen molar-refractivity contribution < 1.29 is 18.0 Å². The van der Waals surface area contributed by atoms with Crippen molar-refractivity contribution in [3.63, 3.8) is 0 Å². The van der Waals surface area contributed by atoms with Crippen molar-refractivity contribution in [1.82, 2.24) is 19.4 Å². The van der Waals surface area contributed by atoms with Gasteiger partial charge in [0.15, 0.2) is 5.78 Å². The van der Waals surface area contributed by atoms with Crippen molar-refractivity contribution in [1.29, 1.82) is 0 Å². The fourth-order valence-corrected chi connectivity index (χ4v) is 5.82. The lowest BCUT2D eigenvalue weighted by atomic mass is 9.79. The Labute approximate surface area is 223 Å². The highest BCUT2D eigenvalue weighted by atomic mass is 19.4. The van der Waals surface area contributed by atoms with Crippen molar-refractivity contribution in [3.05, 3.63) is 83.9 Å². The Morgan fingerprint density at radius 1 is 1.05 bits per heavy atom. The topological polar surface area (TPSA) is 89.1 Å². The number of hydrogen-bond acceptors (Lipinski definition) is 4. The average Bonchev–Trinajstić information content (AvgIpc) is 3.54. The Morgan fingerprint density at radius 2 is 1.85 bits per heavy atom. The number of alkyl halides is 3. The number of aromatic amines is 1. The van der Waals surface area contributed by atoms with Gasteiger partial charge in [-0.2, -0.15) is 13.2 Å². The van der Waals surface area contributed by atoms with E-state index < -0.39 is 11.7 Å². The van der Waals surface area contributed by atoms with Gasteiger partial charge in [0.25, 0.3) is 0 Å². The zero-order valence-electron chi connectivity index (χ0n) is 21.2. The molecule has 0 unspecified atom stereocenters. The molecule has 0 saturated heterocycles. The Morgan fingerprint density at radius 3 is 2.62 bits per heavy atom. The molecule has 1 fully saturated rings. The SMILES string of the molecule is Nc1nccn2c(C3CCC(CCC(=O)c4cccc(C(F)(F)F)c4)CC3)nc(-c3cc4ccccc4[nH]3)c12. The standard InChI is InChI=1S/C30H28F3N5O/c31-30(32,33)22-6-3-5-21(16-22)25(39)13-10-18-8-11-19(12-9-18)29-37-26(27-28(34)35-14-15-38(27)29)24-17-20-4-1-2-7-23(20)36-24/h1-7,14-19,36H,8-13H2,(H2,34,35). The summed E-state index contributed by atoms with van der Waals surface area (Å²) in [5, 5.41) is 1.10. The average molecular weight is 532 g/mol. The summed E-state index contributed by atoms with van der Waals surface area (Å²) in [5.74, 6) is 1.71. The molecule has 9 heteroatoms. The van der Waals surface area contributed by atoms with Crippen LogP contribution in [-0.4, -0.2) is 25.1 Å². The predicted octanol–water partition coefficient (Wildman–Crippen LogP) is 7.42. The number of carbonyl (C=O) groups excluding carboxylic acids is 1. The largest absolute Gasteiger partial charge is 0.416 e. The van der Waals surface area contributed by atoms with Gasteiger partial charge in [-0.05, 0) is 62.3 Å². The van der Waals surface area contributed by atoms with Crippen LogP contribution < -0.4 is 5.73 Å². The minimum atomic E-state index is -4.46. The molecule has 1 aliphatic rings. The summed E-state index contributed by atoms with van der Waals surface area (Å²) in [4.78, 5) is 25.5. The smallest absolute Gasteiger partial charge is 0.382 e. The zero-order valence-corrected chi connectivity index (χ0v) is 21.2. The maximum Gasteiger partial charge on any atom is 0.416 e. The number of nitrogen functional groups attached to an aromatic ring is 1. The number of anilines is 1. The molecule has 6 rings (SSSR count). The Balaban J connectivity index is 1.16. The molecule has 1 saturated carbocycles. The van der Waals surface area contributed by atoms with Crippen LogP contribution in [0.25, 0.3) is 27.8 Å². The summed E-state index contributed by atoms with van der Waals surface area (Å²) >= 11 is 0. The van der Waals surface area contributed by atoms with E-state index in [4.69, 9.17) is 10.7 Å². The van der Waals surface area contributed by atoms with E-state index in [1.165, 1.54) is 12.1 Å². The highest BCUT2D eigenvalue weighted by Crippen LogP contribution is 2.40. The van der Waals surface area contributed by atoms with Gasteiger partial charge in [-0.25, -0.2) is 9.97 Å². The number of hydrogen-bond donors (Lipinski definition) is 2. The van der Waals surface area contributed by atoms with E-state index in [2.05, 4.69) is 22.1 Å². The van der Waals surface area contributed by atoms with E-state index in [-0.39, 0.29) is 23.7 Å². The highest BCUT2D eigenvalue weighted by molar-refractivity contribution is 5.96. The monoisotopic (exact) mass is 531 g/mol. The number of nitrogens with zero attached hydrogens (tertiary/aromatic N) is 3. The van der Waals surface area contributed by atoms with Crippen molar-refractivity contribution in [2.45, 2.75) is 50.6 Å². The van der Waals surface area contributed by atoms with Gasteiger partial charge in [0.1, 0.15) is 22.9 Å². The summed E-state index contributed by atoms with van der Waals surface area (Å²) in [6.07, 6.45) is 3.73. The molecule has 0 amide bonds. The van der Waals surface area contributed by atoms with Gasteiger partial charge in [0.05, 0.1) is 11.3 Å². The molecule has 0 aliphatic heterocycles. The Bertz CT molecular complexity index is 1630. The summed E-state index contributed by atoms with van der Waals surface area (Å²) in [7, 11) is 0. The predicted molar refractivity (Wildman–Crippen MR) is 144 cm³/mol. The number of imidazole rings is 1. The molecule has 0 bridgehead atoms. The summed E-state index contributed by atoms with van der Waals surface area (Å²) in [5.41, 5.74) is 9.14. The number of nitrogens with two attached hydrogens (primary N) is 1. The second-order valence-corrected chi connectivity index (χ2v) is 10.4. The van der Waals surface area contributed by atoms with E-state index in [0.717, 1.165) is 71.4 Å². The molecule has 6 nitrogen and oxygen atoms in total. The first-order chi connectivity index (χ1) is 18.8. The van der Waals surface area contributed by atoms with E-state index in [9.17, 15) is 18.0 Å². The maximum absolute atomic E-state index is 13.0. The van der Waals surface area contributed by atoms with Crippen molar-refractivity contribution in [2.24, 2.45) is 5.92 Å². The lowest BCUT2D eigenvalue weighted by Gasteiger charge is -2.27. The van der Waals surface area contributed by atoms with Crippen LogP contribution in [0.2, 0.25) is 0 Å². The van der Waals surface area contributed by atoms with E-state index in [0.29, 0.717) is 18.2 Å². The molecular formula is C30H28F3N5O. The number of fused-ring (bicyclic) bond motifs is 2. The first-order valence-electron chi connectivity index (χ1n) is 13.2. The van der Waals surface area contributed by atoms with Gasteiger partial charge in [0.2, 0.25) is 0 Å². The molecule has 0 atom stereocenters. The van der Waals surface area contributed by atoms with Gasteiger partial charge in [-0.1, -0.05) is 30.3 Å². The van der Waals surface area contributed by atoms with Crippen LogP contribution >= 0.6 is 0 Å². The van der Waals surface area contributed by atoms with Crippen molar-refractivity contribution in [3.8, 4) is 11.4 Å². The molecule has 0 radical (unpaired) electrons. The van der Waals surface area contributed by atoms with Gasteiger partial charge < -0.3 is 10.7 Å². The minimum absolute atomic E-state index is 0.123. The molecule has 200 valence electrons. The van der Waals surface area contributed by atoms with Crippen LogP contribution in [0.3, 0.4) is 0 Å². The number of carbonyl (C=O) groups is 1. The fraction of sp³-hybridized carbons (Fsp3) is 0.300. The van der Waals surface area contributed by atoms with Crippen molar-refractivity contribution >= 4 is 28.0 Å². The number of benzene rings is 2. The van der Waals surface area contributed by atoms with Crippen LogP contribution in [0.4, 0.5) is 19.0 Å². The molecule has 5 aromatic rings. The number of para-hydroxylation sites is 1. The molecule has 1 aliphatic carbocycles. The summed E-state index contributed by atoms with van der Waals surface area (Å²) in [6.45, 7) is 0. The minimum Gasteiger partial charge on any atom is -0.382 e. The summed E-state index contributed by atoms with van der Waals surface area (Å²) in [6, 6.07) is 14.8. The van der Waals surface area contributed by atoms with Gasteiger partial charge in [-0.3, -0.25) is 9.20 Å². The summed E-state index contributed by atoms with van der Waals surface area (Å²) < 4.78 is 41.1. The fourth-order valence-electron chi connectivity index (χ4n) is 5.82. The molecule has 3 heterocycles. The number of halogens is 3. The van der Waals surface area contributed by atoms with Crippen LogP contribution in [0.15, 0.2) is 67.0 Å². The van der Waals surface area contributed by atoms with E-state index in [1.54, 1.807) is 6.20 Å².